The number of hydrogen-bond donors (Lipinski definition) is 1. The lowest BCUT2D eigenvalue weighted by Crippen LogP contribution is -2.25. The maximum absolute atomic E-state index is 5.27. The van der Waals surface area contributed by atoms with Crippen molar-refractivity contribution in [3.63, 3.8) is 0 Å². The Hall–Kier alpha value is -1.88. The number of ether oxygens (including phenoxy) is 1. The third-order valence-corrected chi connectivity index (χ3v) is 3.24. The molecule has 5 nitrogen and oxygen atoms in total. The van der Waals surface area contributed by atoms with Crippen molar-refractivity contribution < 1.29 is 4.74 Å². The van der Waals surface area contributed by atoms with Gasteiger partial charge in [0.1, 0.15) is 5.75 Å². The minimum Gasteiger partial charge on any atom is -0.495 e. The third-order valence-electron chi connectivity index (χ3n) is 3.24. The molecule has 0 aliphatic rings. The van der Waals surface area contributed by atoms with Gasteiger partial charge in [0.25, 0.3) is 0 Å². The average molecular weight is 274 g/mol. The van der Waals surface area contributed by atoms with Crippen LogP contribution in [0.5, 0.6) is 5.75 Å². The Morgan fingerprint density at radius 3 is 2.75 bits per heavy atom. The van der Waals surface area contributed by atoms with Gasteiger partial charge in [-0.3, -0.25) is 9.67 Å². The second-order valence-electron chi connectivity index (χ2n) is 4.68. The van der Waals surface area contributed by atoms with Crippen LogP contribution in [0, 0.1) is 6.92 Å². The predicted octanol–water partition coefficient (Wildman–Crippen LogP) is 2.31. The van der Waals surface area contributed by atoms with E-state index in [-0.39, 0.29) is 6.04 Å². The quantitative estimate of drug-likeness (QED) is 0.878. The number of methoxy groups -OCH3 is 1. The van der Waals surface area contributed by atoms with Crippen LogP contribution in [-0.4, -0.2) is 28.4 Å². The summed E-state index contributed by atoms with van der Waals surface area (Å²) >= 11 is 0. The molecule has 0 bridgehead atoms. The largest absolute Gasteiger partial charge is 0.495 e. The fourth-order valence-corrected chi connectivity index (χ4v) is 2.35. The van der Waals surface area contributed by atoms with Gasteiger partial charge in [0, 0.05) is 12.7 Å². The van der Waals surface area contributed by atoms with E-state index in [1.807, 2.05) is 23.9 Å². The first-order valence-electron chi connectivity index (χ1n) is 6.96. The van der Waals surface area contributed by atoms with Crippen molar-refractivity contribution in [2.24, 2.45) is 0 Å². The second-order valence-corrected chi connectivity index (χ2v) is 4.68. The molecule has 20 heavy (non-hydrogen) atoms. The molecular weight excluding hydrogens is 252 g/mol. The summed E-state index contributed by atoms with van der Waals surface area (Å²) in [5, 5.41) is 8.02. The number of nitrogens with one attached hydrogen (secondary N) is 1. The predicted molar refractivity (Wildman–Crippen MR) is 78.9 cm³/mol. The molecule has 1 N–H and O–H groups in total. The van der Waals surface area contributed by atoms with Crippen molar-refractivity contribution in [2.75, 3.05) is 13.7 Å². The number of rotatable bonds is 6. The van der Waals surface area contributed by atoms with Gasteiger partial charge in [-0.1, -0.05) is 6.92 Å². The van der Waals surface area contributed by atoms with Crippen molar-refractivity contribution in [3.8, 4) is 5.75 Å². The number of pyridine rings is 1. The highest BCUT2D eigenvalue weighted by Gasteiger charge is 2.19. The molecule has 0 fully saturated rings. The highest BCUT2D eigenvalue weighted by atomic mass is 16.5. The first kappa shape index (κ1) is 14.5. The molecule has 0 aliphatic carbocycles. The molecule has 0 saturated heterocycles. The SMILES string of the molecule is CCNC(c1cncc(OC)c1)c1cc(C)nn1CC. The van der Waals surface area contributed by atoms with E-state index in [0.717, 1.165) is 35.8 Å². The molecule has 0 saturated carbocycles. The Morgan fingerprint density at radius 2 is 2.10 bits per heavy atom. The Kier molecular flexibility index (Phi) is 4.74. The number of nitrogens with zero attached hydrogens (tertiary/aromatic N) is 3. The van der Waals surface area contributed by atoms with Crippen LogP contribution in [0.4, 0.5) is 0 Å². The van der Waals surface area contributed by atoms with E-state index >= 15 is 0 Å². The van der Waals surface area contributed by atoms with Crippen molar-refractivity contribution in [1.29, 1.82) is 0 Å². The summed E-state index contributed by atoms with van der Waals surface area (Å²) in [4.78, 5) is 4.25. The normalized spacial score (nSPS) is 12.4. The summed E-state index contributed by atoms with van der Waals surface area (Å²) in [6.07, 6.45) is 3.59. The lowest BCUT2D eigenvalue weighted by Gasteiger charge is -2.19. The lowest BCUT2D eigenvalue weighted by molar-refractivity contribution is 0.411. The van der Waals surface area contributed by atoms with E-state index in [2.05, 4.69) is 35.3 Å². The van der Waals surface area contributed by atoms with E-state index in [9.17, 15) is 0 Å². The van der Waals surface area contributed by atoms with Gasteiger partial charge < -0.3 is 10.1 Å². The van der Waals surface area contributed by atoms with Crippen molar-refractivity contribution in [1.82, 2.24) is 20.1 Å². The van der Waals surface area contributed by atoms with Gasteiger partial charge in [-0.2, -0.15) is 5.10 Å². The van der Waals surface area contributed by atoms with Crippen LogP contribution in [0.25, 0.3) is 0 Å². The Bertz CT molecular complexity index is 565. The topological polar surface area (TPSA) is 52.0 Å². The molecule has 2 aromatic rings. The zero-order valence-corrected chi connectivity index (χ0v) is 12.6. The van der Waals surface area contributed by atoms with Gasteiger partial charge >= 0.3 is 0 Å². The molecule has 2 rings (SSSR count). The number of aromatic nitrogens is 3. The van der Waals surface area contributed by atoms with Gasteiger partial charge in [-0.15, -0.1) is 0 Å². The second kappa shape index (κ2) is 6.52. The molecule has 1 atom stereocenters. The van der Waals surface area contributed by atoms with E-state index in [4.69, 9.17) is 4.74 Å². The van der Waals surface area contributed by atoms with Gasteiger partial charge in [0.05, 0.1) is 30.7 Å². The van der Waals surface area contributed by atoms with Crippen LogP contribution in [0.3, 0.4) is 0 Å². The van der Waals surface area contributed by atoms with E-state index in [1.165, 1.54) is 0 Å². The fourth-order valence-electron chi connectivity index (χ4n) is 2.35. The molecule has 2 heterocycles. The molecular formula is C15H22N4O. The highest BCUT2D eigenvalue weighted by molar-refractivity contribution is 5.32. The van der Waals surface area contributed by atoms with E-state index < -0.39 is 0 Å². The van der Waals surface area contributed by atoms with Crippen molar-refractivity contribution >= 4 is 0 Å². The standard InChI is InChI=1S/C15H22N4O/c1-5-17-15(12-8-13(20-4)10-16-9-12)14-7-11(3)18-19(14)6-2/h7-10,15,17H,5-6H2,1-4H3. The minimum absolute atomic E-state index is 0.0729. The zero-order valence-electron chi connectivity index (χ0n) is 12.6. The molecule has 0 spiro atoms. The van der Waals surface area contributed by atoms with Crippen molar-refractivity contribution in [2.45, 2.75) is 33.4 Å². The summed E-state index contributed by atoms with van der Waals surface area (Å²) in [5.74, 6) is 0.768. The smallest absolute Gasteiger partial charge is 0.137 e. The van der Waals surface area contributed by atoms with E-state index in [0.29, 0.717) is 0 Å². The number of hydrogen-bond acceptors (Lipinski definition) is 4. The maximum Gasteiger partial charge on any atom is 0.137 e. The molecule has 2 aromatic heterocycles. The summed E-state index contributed by atoms with van der Waals surface area (Å²) in [6, 6.07) is 4.21. The van der Waals surface area contributed by atoms with Crippen LogP contribution < -0.4 is 10.1 Å². The summed E-state index contributed by atoms with van der Waals surface area (Å²) in [7, 11) is 1.66. The molecule has 0 aliphatic heterocycles. The fraction of sp³-hybridized carbons (Fsp3) is 0.467. The molecule has 0 radical (unpaired) electrons. The maximum atomic E-state index is 5.27. The van der Waals surface area contributed by atoms with Crippen LogP contribution in [0.15, 0.2) is 24.5 Å². The molecule has 0 amide bonds. The Morgan fingerprint density at radius 1 is 1.30 bits per heavy atom. The number of aryl methyl sites for hydroxylation is 2. The highest BCUT2D eigenvalue weighted by Crippen LogP contribution is 2.25. The summed E-state index contributed by atoms with van der Waals surface area (Å²) < 4.78 is 7.30. The van der Waals surface area contributed by atoms with Gasteiger partial charge in [-0.25, -0.2) is 0 Å². The van der Waals surface area contributed by atoms with Crippen LogP contribution in [-0.2, 0) is 6.54 Å². The Balaban J connectivity index is 2.43. The molecule has 108 valence electrons. The van der Waals surface area contributed by atoms with Gasteiger partial charge in [0.2, 0.25) is 0 Å². The lowest BCUT2D eigenvalue weighted by atomic mass is 10.0. The molecule has 0 aromatic carbocycles. The van der Waals surface area contributed by atoms with Crippen LogP contribution in [0.1, 0.15) is 36.8 Å². The summed E-state index contributed by atoms with van der Waals surface area (Å²) in [6.45, 7) is 7.93. The van der Waals surface area contributed by atoms with Gasteiger partial charge in [-0.05, 0) is 38.1 Å². The Labute approximate surface area is 120 Å². The third kappa shape index (κ3) is 2.99. The van der Waals surface area contributed by atoms with Gasteiger partial charge in [0.15, 0.2) is 0 Å². The molecule has 1 unspecified atom stereocenters. The average Bonchev–Trinajstić information content (AvgIpc) is 2.85. The van der Waals surface area contributed by atoms with E-state index in [1.54, 1.807) is 13.3 Å². The minimum atomic E-state index is 0.0729. The summed E-state index contributed by atoms with van der Waals surface area (Å²) in [5.41, 5.74) is 3.27. The first-order valence-corrected chi connectivity index (χ1v) is 6.96. The molecule has 5 heteroatoms. The van der Waals surface area contributed by atoms with Crippen LogP contribution >= 0.6 is 0 Å². The van der Waals surface area contributed by atoms with Crippen molar-refractivity contribution in [3.05, 3.63) is 41.5 Å². The monoisotopic (exact) mass is 274 g/mol. The zero-order chi connectivity index (χ0) is 14.5. The van der Waals surface area contributed by atoms with Crippen LogP contribution in [0.2, 0.25) is 0 Å². The first-order chi connectivity index (χ1) is 9.69.